The molecule has 3 heterocycles. The summed E-state index contributed by atoms with van der Waals surface area (Å²) in [5.41, 5.74) is 3.76. The first kappa shape index (κ1) is 15.4. The molecule has 2 saturated heterocycles. The Kier molecular flexibility index (Phi) is 4.10. The second kappa shape index (κ2) is 6.40. The van der Waals surface area contributed by atoms with Crippen molar-refractivity contribution in [2.75, 3.05) is 19.6 Å². The standard InChI is InChI=1S/C19H24N4O/c1-2-13-5-7-14(8-6-13)16-10-17(22-21-16)19(24)23-11-15-4-3-9-20-18(15)12-23/h5-8,10,15,18,20H,2-4,9,11-12H2,1H3,(H,21,22). The summed E-state index contributed by atoms with van der Waals surface area (Å²) in [5.74, 6) is 0.668. The molecule has 4 rings (SSSR count). The van der Waals surface area contributed by atoms with Crippen LogP contribution in [0.2, 0.25) is 0 Å². The second-order valence-corrected chi connectivity index (χ2v) is 6.89. The normalized spacial score (nSPS) is 23.3. The molecule has 2 aromatic rings. The summed E-state index contributed by atoms with van der Waals surface area (Å²) in [6.45, 7) is 4.88. The molecular formula is C19H24N4O. The first-order valence-electron chi connectivity index (χ1n) is 8.92. The minimum Gasteiger partial charge on any atom is -0.335 e. The number of nitrogens with zero attached hydrogens (tertiary/aromatic N) is 2. The van der Waals surface area contributed by atoms with Crippen molar-refractivity contribution >= 4 is 5.91 Å². The monoisotopic (exact) mass is 324 g/mol. The molecule has 1 aromatic carbocycles. The number of likely N-dealkylation sites (tertiary alicyclic amines) is 1. The van der Waals surface area contributed by atoms with Crippen molar-refractivity contribution in [1.82, 2.24) is 20.4 Å². The molecular weight excluding hydrogens is 300 g/mol. The van der Waals surface area contributed by atoms with Crippen molar-refractivity contribution in [2.24, 2.45) is 5.92 Å². The third-order valence-corrected chi connectivity index (χ3v) is 5.35. The Morgan fingerprint density at radius 2 is 2.12 bits per heavy atom. The molecule has 5 nitrogen and oxygen atoms in total. The predicted octanol–water partition coefficient (Wildman–Crippen LogP) is 2.46. The molecule has 2 unspecified atom stereocenters. The van der Waals surface area contributed by atoms with Crippen molar-refractivity contribution in [2.45, 2.75) is 32.2 Å². The van der Waals surface area contributed by atoms with Gasteiger partial charge in [-0.15, -0.1) is 0 Å². The Balaban J connectivity index is 1.48. The molecule has 1 amide bonds. The lowest BCUT2D eigenvalue weighted by Crippen LogP contribution is -2.41. The van der Waals surface area contributed by atoms with E-state index in [0.717, 1.165) is 37.3 Å². The highest BCUT2D eigenvalue weighted by Crippen LogP contribution is 2.26. The number of H-pyrrole nitrogens is 1. The number of amides is 1. The van der Waals surface area contributed by atoms with Crippen LogP contribution in [0, 0.1) is 5.92 Å². The zero-order valence-electron chi connectivity index (χ0n) is 14.1. The molecule has 2 fully saturated rings. The first-order valence-corrected chi connectivity index (χ1v) is 8.92. The molecule has 0 spiro atoms. The molecule has 126 valence electrons. The van der Waals surface area contributed by atoms with Crippen LogP contribution in [0.3, 0.4) is 0 Å². The average molecular weight is 324 g/mol. The van der Waals surface area contributed by atoms with E-state index in [9.17, 15) is 4.79 Å². The van der Waals surface area contributed by atoms with Gasteiger partial charge in [0, 0.05) is 24.7 Å². The minimum atomic E-state index is 0.0649. The van der Waals surface area contributed by atoms with E-state index in [-0.39, 0.29) is 5.91 Å². The number of hydrogen-bond acceptors (Lipinski definition) is 3. The van der Waals surface area contributed by atoms with E-state index in [0.29, 0.717) is 17.7 Å². The zero-order chi connectivity index (χ0) is 16.5. The summed E-state index contributed by atoms with van der Waals surface area (Å²) in [4.78, 5) is 14.7. The van der Waals surface area contributed by atoms with Crippen LogP contribution in [0.1, 0.15) is 35.8 Å². The number of rotatable bonds is 3. The van der Waals surface area contributed by atoms with Gasteiger partial charge in [-0.25, -0.2) is 0 Å². The van der Waals surface area contributed by atoms with Gasteiger partial charge in [0.15, 0.2) is 0 Å². The van der Waals surface area contributed by atoms with Crippen LogP contribution in [0.5, 0.6) is 0 Å². The second-order valence-electron chi connectivity index (χ2n) is 6.89. The summed E-state index contributed by atoms with van der Waals surface area (Å²) in [6.07, 6.45) is 3.46. The third kappa shape index (κ3) is 2.84. The maximum atomic E-state index is 12.8. The van der Waals surface area contributed by atoms with Crippen LogP contribution in [0.25, 0.3) is 11.3 Å². The third-order valence-electron chi connectivity index (χ3n) is 5.35. The topological polar surface area (TPSA) is 61.0 Å². The van der Waals surface area contributed by atoms with E-state index in [1.165, 1.54) is 18.4 Å². The summed E-state index contributed by atoms with van der Waals surface area (Å²) in [5, 5.41) is 10.8. The number of fused-ring (bicyclic) bond motifs is 1. The van der Waals surface area contributed by atoms with E-state index in [1.54, 1.807) is 0 Å². The van der Waals surface area contributed by atoms with Crippen LogP contribution in [-0.4, -0.2) is 46.7 Å². The van der Waals surface area contributed by atoms with Crippen LogP contribution in [0.15, 0.2) is 30.3 Å². The van der Waals surface area contributed by atoms with Crippen LogP contribution >= 0.6 is 0 Å². The lowest BCUT2D eigenvalue weighted by atomic mass is 9.94. The fourth-order valence-electron chi connectivity index (χ4n) is 3.87. The van der Waals surface area contributed by atoms with Gasteiger partial charge >= 0.3 is 0 Å². The van der Waals surface area contributed by atoms with Gasteiger partial charge in [0.25, 0.3) is 5.91 Å². The maximum Gasteiger partial charge on any atom is 0.271 e. The van der Waals surface area contributed by atoms with Gasteiger partial charge in [0.05, 0.1) is 5.69 Å². The molecule has 0 radical (unpaired) electrons. The highest BCUT2D eigenvalue weighted by atomic mass is 16.2. The lowest BCUT2D eigenvalue weighted by molar-refractivity contribution is 0.0780. The summed E-state index contributed by atoms with van der Waals surface area (Å²) >= 11 is 0. The maximum absolute atomic E-state index is 12.8. The fourth-order valence-corrected chi connectivity index (χ4v) is 3.87. The zero-order valence-corrected chi connectivity index (χ0v) is 14.1. The minimum absolute atomic E-state index is 0.0649. The highest BCUT2D eigenvalue weighted by molar-refractivity contribution is 5.93. The number of carbonyl (C=O) groups is 1. The smallest absolute Gasteiger partial charge is 0.271 e. The Morgan fingerprint density at radius 3 is 2.88 bits per heavy atom. The van der Waals surface area contributed by atoms with Gasteiger partial charge in [-0.05, 0) is 43.4 Å². The molecule has 5 heteroatoms. The van der Waals surface area contributed by atoms with E-state index in [1.807, 2.05) is 11.0 Å². The van der Waals surface area contributed by atoms with E-state index in [4.69, 9.17) is 0 Å². The summed E-state index contributed by atoms with van der Waals surface area (Å²) in [6, 6.07) is 10.7. The Morgan fingerprint density at radius 1 is 1.29 bits per heavy atom. The van der Waals surface area contributed by atoms with Crippen molar-refractivity contribution < 1.29 is 4.79 Å². The molecule has 2 N–H and O–H groups in total. The fraction of sp³-hybridized carbons (Fsp3) is 0.474. The van der Waals surface area contributed by atoms with Crippen molar-refractivity contribution in [1.29, 1.82) is 0 Å². The van der Waals surface area contributed by atoms with Crippen LogP contribution in [0.4, 0.5) is 0 Å². The van der Waals surface area contributed by atoms with Gasteiger partial charge in [0.1, 0.15) is 5.69 Å². The molecule has 0 saturated carbocycles. The average Bonchev–Trinajstić information content (AvgIpc) is 3.28. The van der Waals surface area contributed by atoms with Crippen molar-refractivity contribution in [3.63, 3.8) is 0 Å². The van der Waals surface area contributed by atoms with Gasteiger partial charge < -0.3 is 10.2 Å². The highest BCUT2D eigenvalue weighted by Gasteiger charge is 2.37. The molecule has 2 atom stereocenters. The number of aryl methyl sites for hydroxylation is 1. The van der Waals surface area contributed by atoms with E-state index >= 15 is 0 Å². The lowest BCUT2D eigenvalue weighted by Gasteiger charge is -2.24. The number of piperidine rings is 1. The SMILES string of the molecule is CCc1ccc(-c2cc(C(=O)N3CC4CCCNC4C3)[nH]n2)cc1. The van der Waals surface area contributed by atoms with Gasteiger partial charge in [-0.2, -0.15) is 5.10 Å². The molecule has 0 aliphatic carbocycles. The number of benzene rings is 1. The number of nitrogens with one attached hydrogen (secondary N) is 2. The molecule has 2 aliphatic heterocycles. The molecule has 0 bridgehead atoms. The van der Waals surface area contributed by atoms with Gasteiger partial charge in [-0.1, -0.05) is 31.2 Å². The Hall–Kier alpha value is -2.14. The molecule has 24 heavy (non-hydrogen) atoms. The molecule has 2 aliphatic rings. The van der Waals surface area contributed by atoms with Gasteiger partial charge in [-0.3, -0.25) is 9.89 Å². The summed E-state index contributed by atoms with van der Waals surface area (Å²) in [7, 11) is 0. The number of aromatic nitrogens is 2. The van der Waals surface area contributed by atoms with Crippen LogP contribution in [-0.2, 0) is 6.42 Å². The van der Waals surface area contributed by atoms with E-state index < -0.39 is 0 Å². The van der Waals surface area contributed by atoms with E-state index in [2.05, 4.69) is 46.7 Å². The van der Waals surface area contributed by atoms with Crippen LogP contribution < -0.4 is 5.32 Å². The number of carbonyl (C=O) groups excluding carboxylic acids is 1. The quantitative estimate of drug-likeness (QED) is 0.912. The van der Waals surface area contributed by atoms with Crippen molar-refractivity contribution in [3.05, 3.63) is 41.6 Å². The van der Waals surface area contributed by atoms with Crippen molar-refractivity contribution in [3.8, 4) is 11.3 Å². The number of hydrogen-bond donors (Lipinski definition) is 2. The number of aromatic amines is 1. The van der Waals surface area contributed by atoms with Gasteiger partial charge in [0.2, 0.25) is 0 Å². The Labute approximate surface area is 142 Å². The predicted molar refractivity (Wildman–Crippen MR) is 93.8 cm³/mol. The first-order chi connectivity index (χ1) is 11.7. The summed E-state index contributed by atoms with van der Waals surface area (Å²) < 4.78 is 0. The Bertz CT molecular complexity index is 707. The largest absolute Gasteiger partial charge is 0.335 e. The molecule has 1 aromatic heterocycles.